The second-order valence-electron chi connectivity index (χ2n) is 8.10. The van der Waals surface area contributed by atoms with Crippen LogP contribution in [0.5, 0.6) is 0 Å². The summed E-state index contributed by atoms with van der Waals surface area (Å²) in [6.07, 6.45) is 6.31. The van der Waals surface area contributed by atoms with Crippen LogP contribution >= 0.6 is 0 Å². The zero-order chi connectivity index (χ0) is 19.1. The monoisotopic (exact) mass is 375 g/mol. The molecule has 3 atom stereocenters. The van der Waals surface area contributed by atoms with Gasteiger partial charge in [-0.1, -0.05) is 49.2 Å². The summed E-state index contributed by atoms with van der Waals surface area (Å²) in [7, 11) is 0. The molecule has 2 fully saturated rings. The van der Waals surface area contributed by atoms with E-state index in [1.54, 1.807) is 6.33 Å². The van der Waals surface area contributed by atoms with Crippen molar-refractivity contribution in [3.8, 4) is 0 Å². The van der Waals surface area contributed by atoms with Crippen LogP contribution in [0, 0.1) is 5.92 Å². The van der Waals surface area contributed by atoms with Crippen molar-refractivity contribution in [3.63, 3.8) is 0 Å². The number of H-pyrrole nitrogens is 1. The lowest BCUT2D eigenvalue weighted by atomic mass is 9.66. The number of carbonyl (C=O) groups is 1. The fourth-order valence-electron chi connectivity index (χ4n) is 5.31. The van der Waals surface area contributed by atoms with Crippen molar-refractivity contribution < 1.29 is 9.90 Å². The number of hydrogen-bond acceptors (Lipinski definition) is 3. The number of benzene rings is 2. The number of aromatic amines is 1. The summed E-state index contributed by atoms with van der Waals surface area (Å²) in [5.74, 6) is 0.101. The van der Waals surface area contributed by atoms with E-state index < -0.39 is 5.60 Å². The van der Waals surface area contributed by atoms with Gasteiger partial charge in [0, 0.05) is 18.5 Å². The Balaban J connectivity index is 1.51. The molecule has 2 heterocycles. The largest absolute Gasteiger partial charge is 0.385 e. The number of imidazole rings is 1. The van der Waals surface area contributed by atoms with Gasteiger partial charge in [0.05, 0.1) is 23.0 Å². The molecule has 144 valence electrons. The number of carbonyl (C=O) groups excluding carboxylic acids is 1. The third-order valence-corrected chi connectivity index (χ3v) is 6.69. The quantitative estimate of drug-likeness (QED) is 0.715. The SMILES string of the molecule is O=C(c1cccc2[nH]cnc12)N1CCC(O)(c2ccccc2)[C@H]2CCCC[C@@H]21. The maximum absolute atomic E-state index is 13.5. The first-order valence-corrected chi connectivity index (χ1v) is 10.2. The van der Waals surface area contributed by atoms with Crippen LogP contribution in [0.15, 0.2) is 54.9 Å². The summed E-state index contributed by atoms with van der Waals surface area (Å²) in [6.45, 7) is 0.562. The van der Waals surface area contributed by atoms with E-state index in [2.05, 4.69) is 9.97 Å². The number of piperidine rings is 1. The van der Waals surface area contributed by atoms with Crippen molar-refractivity contribution in [2.24, 2.45) is 5.92 Å². The Bertz CT molecular complexity index is 999. The number of rotatable bonds is 2. The van der Waals surface area contributed by atoms with Crippen LogP contribution < -0.4 is 0 Å². The maximum atomic E-state index is 13.5. The Morgan fingerprint density at radius 1 is 1.11 bits per heavy atom. The number of para-hydroxylation sites is 1. The number of nitrogens with one attached hydrogen (secondary N) is 1. The lowest BCUT2D eigenvalue weighted by Gasteiger charge is -2.52. The average Bonchev–Trinajstić information content (AvgIpc) is 3.23. The molecule has 5 heteroatoms. The fraction of sp³-hybridized carbons (Fsp3) is 0.391. The molecule has 1 aromatic heterocycles. The second-order valence-corrected chi connectivity index (χ2v) is 8.10. The highest BCUT2D eigenvalue weighted by atomic mass is 16.3. The lowest BCUT2D eigenvalue weighted by molar-refractivity contribution is -0.110. The molecule has 1 aliphatic carbocycles. The van der Waals surface area contributed by atoms with Gasteiger partial charge in [-0.05, 0) is 37.0 Å². The number of amides is 1. The molecule has 5 nitrogen and oxygen atoms in total. The molecule has 1 unspecified atom stereocenters. The Hall–Kier alpha value is -2.66. The van der Waals surface area contributed by atoms with Gasteiger partial charge >= 0.3 is 0 Å². The summed E-state index contributed by atoms with van der Waals surface area (Å²) in [5, 5.41) is 11.7. The molecule has 1 aliphatic heterocycles. The van der Waals surface area contributed by atoms with E-state index in [1.807, 2.05) is 53.4 Å². The van der Waals surface area contributed by atoms with Crippen LogP contribution in [0.3, 0.4) is 0 Å². The average molecular weight is 375 g/mol. The Labute approximate surface area is 164 Å². The van der Waals surface area contributed by atoms with Crippen LogP contribution in [-0.2, 0) is 5.60 Å². The Kier molecular flexibility index (Phi) is 4.20. The molecule has 1 saturated heterocycles. The molecule has 2 N–H and O–H groups in total. The fourth-order valence-corrected chi connectivity index (χ4v) is 5.31. The highest BCUT2D eigenvalue weighted by molar-refractivity contribution is 6.05. The minimum atomic E-state index is -0.860. The van der Waals surface area contributed by atoms with E-state index in [4.69, 9.17) is 0 Å². The number of aliphatic hydroxyl groups is 1. The van der Waals surface area contributed by atoms with Gasteiger partial charge in [-0.3, -0.25) is 4.79 Å². The topological polar surface area (TPSA) is 69.2 Å². The summed E-state index contributed by atoms with van der Waals surface area (Å²) in [4.78, 5) is 23.0. The van der Waals surface area contributed by atoms with E-state index in [-0.39, 0.29) is 17.9 Å². The van der Waals surface area contributed by atoms with Gasteiger partial charge in [-0.2, -0.15) is 0 Å². The molecule has 5 rings (SSSR count). The first-order valence-electron chi connectivity index (χ1n) is 10.2. The van der Waals surface area contributed by atoms with Gasteiger partial charge in [0.25, 0.3) is 5.91 Å². The lowest BCUT2D eigenvalue weighted by Crippen LogP contribution is -2.59. The van der Waals surface area contributed by atoms with E-state index in [0.717, 1.165) is 42.3 Å². The van der Waals surface area contributed by atoms with E-state index >= 15 is 0 Å². The van der Waals surface area contributed by atoms with Crippen molar-refractivity contribution in [1.82, 2.24) is 14.9 Å². The van der Waals surface area contributed by atoms with Crippen molar-refractivity contribution in [3.05, 3.63) is 66.0 Å². The predicted molar refractivity (Wildman–Crippen MR) is 108 cm³/mol. The van der Waals surface area contributed by atoms with Crippen LogP contribution in [-0.4, -0.2) is 38.5 Å². The molecule has 3 aromatic rings. The zero-order valence-electron chi connectivity index (χ0n) is 15.8. The van der Waals surface area contributed by atoms with Crippen molar-refractivity contribution in [2.75, 3.05) is 6.54 Å². The Morgan fingerprint density at radius 3 is 2.79 bits per heavy atom. The van der Waals surface area contributed by atoms with E-state index in [1.165, 1.54) is 0 Å². The molecule has 1 amide bonds. The van der Waals surface area contributed by atoms with Gasteiger partial charge in [0.1, 0.15) is 5.52 Å². The minimum absolute atomic E-state index is 0.0321. The van der Waals surface area contributed by atoms with Crippen LogP contribution in [0.25, 0.3) is 11.0 Å². The molecule has 2 aromatic carbocycles. The molecule has 2 aliphatic rings. The summed E-state index contributed by atoms with van der Waals surface area (Å²) in [5.41, 5.74) is 2.37. The molecule has 0 bridgehead atoms. The number of aromatic nitrogens is 2. The third kappa shape index (κ3) is 2.65. The maximum Gasteiger partial charge on any atom is 0.256 e. The number of hydrogen-bond donors (Lipinski definition) is 2. The molecule has 0 radical (unpaired) electrons. The standard InChI is InChI=1S/C23H25N3O2/c27-22(17-9-6-11-19-21(17)25-15-24-19)26-14-13-23(28,16-7-2-1-3-8-16)18-10-4-5-12-20(18)26/h1-3,6-9,11,15,18,20,28H,4-5,10,12-14H2,(H,24,25)/t18-,20-,23?/m0/s1. The van der Waals surface area contributed by atoms with E-state index in [0.29, 0.717) is 18.5 Å². The number of fused-ring (bicyclic) bond motifs is 2. The first-order chi connectivity index (χ1) is 13.7. The Morgan fingerprint density at radius 2 is 1.93 bits per heavy atom. The summed E-state index contributed by atoms with van der Waals surface area (Å²) < 4.78 is 0. The van der Waals surface area contributed by atoms with Gasteiger partial charge in [-0.25, -0.2) is 4.98 Å². The highest BCUT2D eigenvalue weighted by Gasteiger charge is 2.50. The van der Waals surface area contributed by atoms with Gasteiger partial charge in [0.15, 0.2) is 0 Å². The smallest absolute Gasteiger partial charge is 0.256 e. The molecule has 0 spiro atoms. The number of nitrogens with zero attached hydrogens (tertiary/aromatic N) is 2. The number of likely N-dealkylation sites (tertiary alicyclic amines) is 1. The van der Waals surface area contributed by atoms with E-state index in [9.17, 15) is 9.90 Å². The first kappa shape index (κ1) is 17.4. The normalized spacial score (nSPS) is 27.5. The van der Waals surface area contributed by atoms with Crippen molar-refractivity contribution >= 4 is 16.9 Å². The predicted octanol–water partition coefficient (Wildman–Crippen LogP) is 3.86. The van der Waals surface area contributed by atoms with Crippen LogP contribution in [0.4, 0.5) is 0 Å². The summed E-state index contributed by atoms with van der Waals surface area (Å²) >= 11 is 0. The van der Waals surface area contributed by atoms with Crippen molar-refractivity contribution in [2.45, 2.75) is 43.7 Å². The molecular weight excluding hydrogens is 350 g/mol. The van der Waals surface area contributed by atoms with Gasteiger partial charge < -0.3 is 15.0 Å². The van der Waals surface area contributed by atoms with Gasteiger partial charge in [-0.15, -0.1) is 0 Å². The van der Waals surface area contributed by atoms with Crippen LogP contribution in [0.2, 0.25) is 0 Å². The van der Waals surface area contributed by atoms with Gasteiger partial charge in [0.2, 0.25) is 0 Å². The molecular formula is C23H25N3O2. The second kappa shape index (κ2) is 6.74. The minimum Gasteiger partial charge on any atom is -0.385 e. The zero-order valence-corrected chi connectivity index (χ0v) is 15.8. The van der Waals surface area contributed by atoms with Crippen LogP contribution in [0.1, 0.15) is 48.0 Å². The summed E-state index contributed by atoms with van der Waals surface area (Å²) in [6, 6.07) is 15.8. The van der Waals surface area contributed by atoms with Crippen molar-refractivity contribution in [1.29, 1.82) is 0 Å². The molecule has 28 heavy (non-hydrogen) atoms. The molecule has 1 saturated carbocycles. The highest BCUT2D eigenvalue weighted by Crippen LogP contribution is 2.47. The third-order valence-electron chi connectivity index (χ3n) is 6.69.